The number of hydrogen-bond donors (Lipinski definition) is 0. The molecule has 2 aromatic heterocycles. The fraction of sp³-hybridized carbons (Fsp3) is 0.125. The molecular weight excluding hydrogens is 398 g/mol. The van der Waals surface area contributed by atoms with Gasteiger partial charge in [-0.1, -0.05) is 22.9 Å². The van der Waals surface area contributed by atoms with Crippen molar-refractivity contribution in [3.63, 3.8) is 0 Å². The summed E-state index contributed by atoms with van der Waals surface area (Å²) in [5.41, 5.74) is 1.74. The minimum atomic E-state index is -1.37. The Hall–Kier alpha value is -2.36. The summed E-state index contributed by atoms with van der Waals surface area (Å²) in [4.78, 5) is 23.1. The molecule has 0 radical (unpaired) electrons. The first-order valence-corrected chi connectivity index (χ1v) is 10.0. The Morgan fingerprint density at radius 1 is 1.27 bits per heavy atom. The van der Waals surface area contributed by atoms with E-state index < -0.39 is 15.7 Å². The standard InChI is InChI=1S/C16H10ClN3O4S2/c17-10-1-3-11(4-2-10)19-13(21)7-9-5-6-26(24)16-12(15(9)18-19)8-14(25-16)20(22)23/h1-4,7-8H,5-6H2. The van der Waals surface area contributed by atoms with Crippen molar-refractivity contribution in [2.75, 3.05) is 5.75 Å². The van der Waals surface area contributed by atoms with E-state index in [1.54, 1.807) is 24.3 Å². The van der Waals surface area contributed by atoms with Crippen molar-refractivity contribution in [1.29, 1.82) is 0 Å². The molecule has 4 rings (SSSR count). The quantitative estimate of drug-likeness (QED) is 0.480. The van der Waals surface area contributed by atoms with E-state index in [1.165, 1.54) is 16.8 Å². The van der Waals surface area contributed by atoms with E-state index >= 15 is 0 Å². The van der Waals surface area contributed by atoms with Crippen LogP contribution in [0.4, 0.5) is 5.00 Å². The second-order valence-electron chi connectivity index (χ2n) is 5.59. The predicted octanol–water partition coefficient (Wildman–Crippen LogP) is 3.19. The molecule has 132 valence electrons. The number of benzene rings is 1. The zero-order chi connectivity index (χ0) is 18.4. The first kappa shape index (κ1) is 17.1. The number of nitro groups is 1. The lowest BCUT2D eigenvalue weighted by Gasteiger charge is -2.09. The van der Waals surface area contributed by atoms with Gasteiger partial charge in [0.2, 0.25) is 0 Å². The third-order valence-electron chi connectivity index (χ3n) is 3.97. The van der Waals surface area contributed by atoms with Gasteiger partial charge in [-0.25, -0.2) is 0 Å². The molecule has 7 nitrogen and oxygen atoms in total. The number of thiophene rings is 1. The average molecular weight is 408 g/mol. The molecule has 0 aliphatic carbocycles. The van der Waals surface area contributed by atoms with Crippen molar-refractivity contribution < 1.29 is 9.13 Å². The average Bonchev–Trinajstić information content (AvgIpc) is 3.01. The Kier molecular flexibility index (Phi) is 4.22. The molecule has 1 aliphatic rings. The molecule has 1 aromatic carbocycles. The lowest BCUT2D eigenvalue weighted by molar-refractivity contribution is -0.380. The lowest BCUT2D eigenvalue weighted by atomic mass is 10.1. The molecule has 10 heteroatoms. The Morgan fingerprint density at radius 2 is 2.00 bits per heavy atom. The van der Waals surface area contributed by atoms with Gasteiger partial charge in [-0.3, -0.25) is 19.1 Å². The largest absolute Gasteiger partial charge is 0.325 e. The van der Waals surface area contributed by atoms with Crippen LogP contribution in [0, 0.1) is 10.1 Å². The predicted molar refractivity (Wildman–Crippen MR) is 99.8 cm³/mol. The topological polar surface area (TPSA) is 95.1 Å². The highest BCUT2D eigenvalue weighted by Gasteiger charge is 2.28. The summed E-state index contributed by atoms with van der Waals surface area (Å²) in [6.45, 7) is 0. The molecule has 3 heterocycles. The normalized spacial score (nSPS) is 15.8. The van der Waals surface area contributed by atoms with Crippen LogP contribution in [0.1, 0.15) is 5.56 Å². The zero-order valence-electron chi connectivity index (χ0n) is 13.0. The van der Waals surface area contributed by atoms with Gasteiger partial charge >= 0.3 is 5.00 Å². The number of rotatable bonds is 2. The van der Waals surface area contributed by atoms with E-state index in [0.717, 1.165) is 11.3 Å². The number of aromatic nitrogens is 2. The van der Waals surface area contributed by atoms with Crippen LogP contribution < -0.4 is 5.56 Å². The molecule has 1 unspecified atom stereocenters. The molecule has 0 saturated heterocycles. The number of aryl methyl sites for hydroxylation is 1. The van der Waals surface area contributed by atoms with Gasteiger partial charge in [0.25, 0.3) is 5.56 Å². The van der Waals surface area contributed by atoms with Crippen LogP contribution in [-0.2, 0) is 17.2 Å². The van der Waals surface area contributed by atoms with Crippen LogP contribution >= 0.6 is 22.9 Å². The summed E-state index contributed by atoms with van der Waals surface area (Å²) >= 11 is 6.78. The van der Waals surface area contributed by atoms with E-state index in [1.807, 2.05) is 0 Å². The van der Waals surface area contributed by atoms with E-state index in [0.29, 0.717) is 43.9 Å². The zero-order valence-corrected chi connectivity index (χ0v) is 15.4. The first-order valence-electron chi connectivity index (χ1n) is 7.50. The minimum absolute atomic E-state index is 0.0951. The Labute approximate surface area is 158 Å². The molecular formula is C16H10ClN3O4S2. The molecule has 26 heavy (non-hydrogen) atoms. The summed E-state index contributed by atoms with van der Waals surface area (Å²) in [6, 6.07) is 9.45. The van der Waals surface area contributed by atoms with Gasteiger partial charge in [0.15, 0.2) is 0 Å². The maximum absolute atomic E-state index is 12.5. The molecule has 0 spiro atoms. The number of nitrogens with zero attached hydrogens (tertiary/aromatic N) is 3. The van der Waals surface area contributed by atoms with Gasteiger partial charge in [0, 0.05) is 28.5 Å². The van der Waals surface area contributed by atoms with E-state index in [-0.39, 0.29) is 10.6 Å². The van der Waals surface area contributed by atoms with Crippen LogP contribution in [0.25, 0.3) is 16.9 Å². The van der Waals surface area contributed by atoms with Crippen LogP contribution in [0.3, 0.4) is 0 Å². The van der Waals surface area contributed by atoms with Crippen LogP contribution in [0.15, 0.2) is 45.4 Å². The third kappa shape index (κ3) is 2.87. The van der Waals surface area contributed by atoms with Crippen LogP contribution in [0.2, 0.25) is 5.02 Å². The van der Waals surface area contributed by atoms with Crippen molar-refractivity contribution in [3.05, 3.63) is 67.5 Å². The second-order valence-corrected chi connectivity index (χ2v) is 8.82. The highest BCUT2D eigenvalue weighted by Crippen LogP contribution is 2.40. The van der Waals surface area contributed by atoms with Crippen LogP contribution in [-0.4, -0.2) is 24.7 Å². The number of fused-ring (bicyclic) bond motifs is 3. The van der Waals surface area contributed by atoms with Gasteiger partial charge in [0.1, 0.15) is 4.21 Å². The molecule has 0 saturated carbocycles. The SMILES string of the molecule is O=c1cc2c(nn1-c1ccc(Cl)cc1)-c1cc([N+](=O)[O-])sc1S(=O)CC2. The lowest BCUT2D eigenvalue weighted by Crippen LogP contribution is -2.22. The Bertz CT molecular complexity index is 1120. The van der Waals surface area contributed by atoms with Crippen LogP contribution in [0.5, 0.6) is 0 Å². The molecule has 3 aromatic rings. The number of halogens is 1. The van der Waals surface area contributed by atoms with Crippen molar-refractivity contribution in [2.45, 2.75) is 10.6 Å². The van der Waals surface area contributed by atoms with Crippen molar-refractivity contribution in [1.82, 2.24) is 9.78 Å². The molecule has 1 atom stereocenters. The Morgan fingerprint density at radius 3 is 2.69 bits per heavy atom. The third-order valence-corrected chi connectivity index (χ3v) is 7.11. The summed E-state index contributed by atoms with van der Waals surface area (Å²) in [5, 5.41) is 16.0. The highest BCUT2D eigenvalue weighted by molar-refractivity contribution is 7.87. The smallest absolute Gasteiger partial charge is 0.267 e. The van der Waals surface area contributed by atoms with Crippen molar-refractivity contribution in [2.24, 2.45) is 0 Å². The molecule has 0 amide bonds. The summed E-state index contributed by atoms with van der Waals surface area (Å²) in [7, 11) is -1.37. The summed E-state index contributed by atoms with van der Waals surface area (Å²) in [5.74, 6) is 0.295. The Balaban J connectivity index is 1.96. The van der Waals surface area contributed by atoms with Crippen molar-refractivity contribution in [3.8, 4) is 16.9 Å². The summed E-state index contributed by atoms with van der Waals surface area (Å²) < 4.78 is 14.1. The maximum Gasteiger partial charge on any atom is 0.325 e. The van der Waals surface area contributed by atoms with Gasteiger partial charge in [0.05, 0.1) is 27.1 Å². The fourth-order valence-electron chi connectivity index (χ4n) is 2.76. The molecule has 1 aliphatic heterocycles. The number of hydrogen-bond acceptors (Lipinski definition) is 6. The van der Waals surface area contributed by atoms with E-state index in [9.17, 15) is 19.1 Å². The fourth-order valence-corrected chi connectivity index (χ4v) is 5.46. The molecule has 0 fully saturated rings. The summed E-state index contributed by atoms with van der Waals surface area (Å²) in [6.07, 6.45) is 0.417. The first-order chi connectivity index (χ1) is 12.4. The second kappa shape index (κ2) is 6.42. The van der Waals surface area contributed by atoms with Crippen molar-refractivity contribution >= 4 is 38.7 Å². The van der Waals surface area contributed by atoms with E-state index in [2.05, 4.69) is 5.10 Å². The molecule has 0 bridgehead atoms. The van der Waals surface area contributed by atoms with E-state index in [4.69, 9.17) is 11.6 Å². The van der Waals surface area contributed by atoms with Gasteiger partial charge in [-0.2, -0.15) is 9.78 Å². The van der Waals surface area contributed by atoms with Gasteiger partial charge in [-0.05, 0) is 36.2 Å². The minimum Gasteiger partial charge on any atom is -0.267 e. The molecule has 0 N–H and O–H groups in total. The highest BCUT2D eigenvalue weighted by atomic mass is 35.5. The maximum atomic E-state index is 12.5. The van der Waals surface area contributed by atoms with Gasteiger partial charge < -0.3 is 0 Å². The monoisotopic (exact) mass is 407 g/mol. The van der Waals surface area contributed by atoms with Gasteiger partial charge in [-0.15, -0.1) is 0 Å².